The first kappa shape index (κ1) is 13.5. The van der Waals surface area contributed by atoms with Crippen LogP contribution < -0.4 is 11.1 Å². The molecule has 4 nitrogen and oxygen atoms in total. The zero-order valence-electron chi connectivity index (χ0n) is 10.7. The Balaban J connectivity index is 2.31. The number of nitrogens with two attached hydrogens (primary N) is 1. The van der Waals surface area contributed by atoms with Crippen LogP contribution in [0.15, 0.2) is 0 Å². The fourth-order valence-electron chi connectivity index (χ4n) is 2.34. The van der Waals surface area contributed by atoms with E-state index in [2.05, 4.69) is 31.1 Å². The van der Waals surface area contributed by atoms with Crippen LogP contribution >= 0.6 is 0 Å². The van der Waals surface area contributed by atoms with Gasteiger partial charge in [-0.2, -0.15) is 0 Å². The first-order chi connectivity index (χ1) is 7.54. The van der Waals surface area contributed by atoms with Crippen LogP contribution in [0.5, 0.6) is 0 Å². The topological polar surface area (TPSA) is 58.4 Å². The molecule has 0 aromatic heterocycles. The molecule has 0 radical (unpaired) electrons. The van der Waals surface area contributed by atoms with Gasteiger partial charge in [0.05, 0.1) is 6.54 Å². The van der Waals surface area contributed by atoms with Crippen molar-refractivity contribution >= 4 is 5.91 Å². The van der Waals surface area contributed by atoms with Gasteiger partial charge in [-0.05, 0) is 46.6 Å². The maximum absolute atomic E-state index is 11.2. The molecule has 0 aliphatic heterocycles. The number of hydrogen-bond acceptors (Lipinski definition) is 3. The standard InChI is InChI=1S/C12H25N3O/c1-9(2)15(3)11-6-4-10(5-7-11)14-12(16)8-13/h9-11H,4-8,13H2,1-3H3,(H,14,16)/t10-,11+. The number of amides is 1. The summed E-state index contributed by atoms with van der Waals surface area (Å²) in [6.07, 6.45) is 4.50. The first-order valence-corrected chi connectivity index (χ1v) is 6.26. The molecule has 1 amide bonds. The van der Waals surface area contributed by atoms with Gasteiger partial charge >= 0.3 is 0 Å². The van der Waals surface area contributed by atoms with Gasteiger partial charge in [-0.1, -0.05) is 0 Å². The molecule has 3 N–H and O–H groups in total. The van der Waals surface area contributed by atoms with Crippen LogP contribution in [0.25, 0.3) is 0 Å². The average molecular weight is 227 g/mol. The summed E-state index contributed by atoms with van der Waals surface area (Å²) in [5.41, 5.74) is 5.28. The normalized spacial score (nSPS) is 26.1. The molecule has 0 aromatic carbocycles. The fraction of sp³-hybridized carbons (Fsp3) is 0.917. The van der Waals surface area contributed by atoms with Crippen molar-refractivity contribution < 1.29 is 4.79 Å². The van der Waals surface area contributed by atoms with Crippen LogP contribution in [0.1, 0.15) is 39.5 Å². The molecule has 0 bridgehead atoms. The highest BCUT2D eigenvalue weighted by molar-refractivity contribution is 5.78. The van der Waals surface area contributed by atoms with Gasteiger partial charge in [-0.3, -0.25) is 4.79 Å². The van der Waals surface area contributed by atoms with Crippen molar-refractivity contribution in [3.05, 3.63) is 0 Å². The molecular weight excluding hydrogens is 202 g/mol. The zero-order valence-corrected chi connectivity index (χ0v) is 10.7. The summed E-state index contributed by atoms with van der Waals surface area (Å²) in [5.74, 6) is -0.0272. The van der Waals surface area contributed by atoms with E-state index in [0.717, 1.165) is 12.8 Å². The van der Waals surface area contributed by atoms with Crippen LogP contribution in [0.3, 0.4) is 0 Å². The highest BCUT2D eigenvalue weighted by atomic mass is 16.1. The Morgan fingerprint density at radius 3 is 2.38 bits per heavy atom. The Labute approximate surface area is 98.6 Å². The number of nitrogens with zero attached hydrogens (tertiary/aromatic N) is 1. The van der Waals surface area contributed by atoms with E-state index >= 15 is 0 Å². The Morgan fingerprint density at radius 2 is 1.94 bits per heavy atom. The smallest absolute Gasteiger partial charge is 0.233 e. The van der Waals surface area contributed by atoms with Crippen molar-refractivity contribution in [3.63, 3.8) is 0 Å². The molecule has 1 aliphatic rings. The van der Waals surface area contributed by atoms with E-state index in [1.165, 1.54) is 12.8 Å². The summed E-state index contributed by atoms with van der Waals surface area (Å²) in [6.45, 7) is 4.55. The summed E-state index contributed by atoms with van der Waals surface area (Å²) in [4.78, 5) is 13.6. The minimum atomic E-state index is -0.0272. The fourth-order valence-corrected chi connectivity index (χ4v) is 2.34. The maximum atomic E-state index is 11.2. The summed E-state index contributed by atoms with van der Waals surface area (Å²) < 4.78 is 0. The van der Waals surface area contributed by atoms with Gasteiger partial charge in [-0.25, -0.2) is 0 Å². The van der Waals surface area contributed by atoms with Crippen molar-refractivity contribution in [2.45, 2.75) is 57.7 Å². The molecule has 1 rings (SSSR count). The van der Waals surface area contributed by atoms with Crippen LogP contribution in [-0.4, -0.2) is 42.5 Å². The molecule has 0 saturated heterocycles. The van der Waals surface area contributed by atoms with Gasteiger partial charge in [0.25, 0.3) is 0 Å². The Bertz CT molecular complexity index is 222. The lowest BCUT2D eigenvalue weighted by Gasteiger charge is -2.37. The van der Waals surface area contributed by atoms with Crippen molar-refractivity contribution in [2.75, 3.05) is 13.6 Å². The van der Waals surface area contributed by atoms with Gasteiger partial charge in [-0.15, -0.1) is 0 Å². The second kappa shape index (κ2) is 6.21. The molecule has 94 valence electrons. The second-order valence-corrected chi connectivity index (χ2v) is 5.04. The van der Waals surface area contributed by atoms with Crippen molar-refractivity contribution in [3.8, 4) is 0 Å². The zero-order chi connectivity index (χ0) is 12.1. The van der Waals surface area contributed by atoms with E-state index in [1.807, 2.05) is 0 Å². The van der Waals surface area contributed by atoms with E-state index in [4.69, 9.17) is 5.73 Å². The van der Waals surface area contributed by atoms with E-state index < -0.39 is 0 Å². The third-order valence-corrected chi connectivity index (χ3v) is 3.64. The summed E-state index contributed by atoms with van der Waals surface area (Å²) in [6, 6.07) is 1.61. The predicted molar refractivity (Wildman–Crippen MR) is 66.1 cm³/mol. The second-order valence-electron chi connectivity index (χ2n) is 5.04. The van der Waals surface area contributed by atoms with Gasteiger partial charge in [0.15, 0.2) is 0 Å². The van der Waals surface area contributed by atoms with Crippen LogP contribution in [0, 0.1) is 0 Å². The van der Waals surface area contributed by atoms with Crippen molar-refractivity contribution in [2.24, 2.45) is 5.73 Å². The molecule has 16 heavy (non-hydrogen) atoms. The molecule has 1 fully saturated rings. The molecule has 1 saturated carbocycles. The SMILES string of the molecule is CC(C)N(C)[C@H]1CC[C@@H](NC(=O)CN)CC1. The van der Waals surface area contributed by atoms with Gasteiger partial charge in [0.2, 0.25) is 5.91 Å². The quantitative estimate of drug-likeness (QED) is 0.744. The third kappa shape index (κ3) is 3.76. The highest BCUT2D eigenvalue weighted by Crippen LogP contribution is 2.23. The molecule has 4 heteroatoms. The van der Waals surface area contributed by atoms with Crippen molar-refractivity contribution in [1.82, 2.24) is 10.2 Å². The monoisotopic (exact) mass is 227 g/mol. The molecule has 0 atom stereocenters. The number of carbonyl (C=O) groups is 1. The Hall–Kier alpha value is -0.610. The van der Waals surface area contributed by atoms with Crippen LogP contribution in [0.4, 0.5) is 0 Å². The molecule has 0 aromatic rings. The first-order valence-electron chi connectivity index (χ1n) is 6.26. The lowest BCUT2D eigenvalue weighted by atomic mass is 9.90. The molecule has 0 spiro atoms. The van der Waals surface area contributed by atoms with Gasteiger partial charge < -0.3 is 16.0 Å². The summed E-state index contributed by atoms with van der Waals surface area (Å²) in [5, 5.41) is 2.97. The predicted octanol–water partition coefficient (Wildman–Crippen LogP) is 0.713. The number of rotatable bonds is 4. The lowest BCUT2D eigenvalue weighted by Crippen LogP contribution is -2.45. The minimum Gasteiger partial charge on any atom is -0.352 e. The van der Waals surface area contributed by atoms with Gasteiger partial charge in [0, 0.05) is 18.1 Å². The molecule has 0 unspecified atom stereocenters. The largest absolute Gasteiger partial charge is 0.352 e. The number of hydrogen-bond donors (Lipinski definition) is 2. The van der Waals surface area contributed by atoms with Crippen LogP contribution in [0.2, 0.25) is 0 Å². The summed E-state index contributed by atoms with van der Waals surface area (Å²) >= 11 is 0. The minimum absolute atomic E-state index is 0.0272. The van der Waals surface area contributed by atoms with Gasteiger partial charge in [0.1, 0.15) is 0 Å². The molecular formula is C12H25N3O. The number of carbonyl (C=O) groups excluding carboxylic acids is 1. The van der Waals surface area contributed by atoms with Crippen molar-refractivity contribution in [1.29, 1.82) is 0 Å². The molecule has 0 heterocycles. The highest BCUT2D eigenvalue weighted by Gasteiger charge is 2.25. The van der Waals surface area contributed by atoms with E-state index in [-0.39, 0.29) is 12.5 Å². The third-order valence-electron chi connectivity index (χ3n) is 3.64. The summed E-state index contributed by atoms with van der Waals surface area (Å²) in [7, 11) is 2.19. The maximum Gasteiger partial charge on any atom is 0.233 e. The van der Waals surface area contributed by atoms with E-state index in [0.29, 0.717) is 18.1 Å². The lowest BCUT2D eigenvalue weighted by molar-refractivity contribution is -0.120. The Morgan fingerprint density at radius 1 is 1.38 bits per heavy atom. The van der Waals surface area contributed by atoms with E-state index in [9.17, 15) is 4.79 Å². The Kier molecular flexibility index (Phi) is 5.22. The average Bonchev–Trinajstić information content (AvgIpc) is 2.28. The van der Waals surface area contributed by atoms with Crippen LogP contribution in [-0.2, 0) is 4.79 Å². The van der Waals surface area contributed by atoms with E-state index in [1.54, 1.807) is 0 Å². The molecule has 1 aliphatic carbocycles. The number of nitrogens with one attached hydrogen (secondary N) is 1.